The number of benzene rings is 1. The number of nitrogens with one attached hydrogen (secondary N) is 1. The number of anilines is 1. The van der Waals surface area contributed by atoms with E-state index in [4.69, 9.17) is 14.7 Å². The molecule has 31 heavy (non-hydrogen) atoms. The molecule has 0 saturated carbocycles. The number of hydrogen-bond donors (Lipinski definition) is 1. The number of ether oxygens (including phenoxy) is 1. The zero-order valence-corrected chi connectivity index (χ0v) is 18.9. The largest absolute Gasteiger partial charge is 0.377 e. The van der Waals surface area contributed by atoms with Gasteiger partial charge in [-0.05, 0) is 50.9 Å². The minimum atomic E-state index is -0.0820. The smallest absolute Gasteiger partial charge is 0.254 e. The molecule has 0 aliphatic carbocycles. The lowest BCUT2D eigenvalue weighted by Gasteiger charge is -2.36. The van der Waals surface area contributed by atoms with Crippen molar-refractivity contribution in [3.8, 4) is 0 Å². The van der Waals surface area contributed by atoms with E-state index < -0.39 is 0 Å². The summed E-state index contributed by atoms with van der Waals surface area (Å²) in [5.74, 6) is 1.72. The SMILES string of the molecule is CCOCc1ccc(C(=O)N2CCCCC2c2nc3c(c(NC)n2)CN(C)CC3)cc1. The molecule has 4 rings (SSSR count). The fourth-order valence-electron chi connectivity index (χ4n) is 4.50. The fraction of sp³-hybridized carbons (Fsp3) is 0.542. The second-order valence-electron chi connectivity index (χ2n) is 8.44. The molecule has 3 heterocycles. The average Bonchev–Trinajstić information content (AvgIpc) is 2.82. The van der Waals surface area contributed by atoms with E-state index in [1.807, 2.05) is 43.1 Å². The Morgan fingerprint density at radius 2 is 2.00 bits per heavy atom. The monoisotopic (exact) mass is 423 g/mol. The van der Waals surface area contributed by atoms with Crippen molar-refractivity contribution in [3.63, 3.8) is 0 Å². The molecule has 2 aliphatic heterocycles. The third kappa shape index (κ3) is 4.72. The maximum absolute atomic E-state index is 13.4. The summed E-state index contributed by atoms with van der Waals surface area (Å²) < 4.78 is 5.46. The molecular weight excluding hydrogens is 390 g/mol. The number of hydrogen-bond acceptors (Lipinski definition) is 6. The van der Waals surface area contributed by atoms with Gasteiger partial charge in [0.1, 0.15) is 5.82 Å². The van der Waals surface area contributed by atoms with Crippen molar-refractivity contribution in [2.24, 2.45) is 0 Å². The molecule has 166 valence electrons. The number of likely N-dealkylation sites (tertiary alicyclic amines) is 1. The van der Waals surface area contributed by atoms with Crippen LogP contribution in [0.15, 0.2) is 24.3 Å². The van der Waals surface area contributed by atoms with E-state index in [1.54, 1.807) is 0 Å². The molecule has 7 heteroatoms. The van der Waals surface area contributed by atoms with E-state index in [0.717, 1.165) is 68.2 Å². The average molecular weight is 424 g/mol. The molecule has 1 saturated heterocycles. The predicted octanol–water partition coefficient (Wildman–Crippen LogP) is 3.41. The number of nitrogens with zero attached hydrogens (tertiary/aromatic N) is 4. The molecule has 1 amide bonds. The van der Waals surface area contributed by atoms with Crippen LogP contribution in [-0.4, -0.2) is 59.5 Å². The van der Waals surface area contributed by atoms with Crippen molar-refractivity contribution in [2.75, 3.05) is 39.1 Å². The van der Waals surface area contributed by atoms with E-state index in [-0.39, 0.29) is 11.9 Å². The Morgan fingerprint density at radius 3 is 2.74 bits per heavy atom. The van der Waals surface area contributed by atoms with Crippen molar-refractivity contribution in [1.29, 1.82) is 0 Å². The summed E-state index contributed by atoms with van der Waals surface area (Å²) in [6, 6.07) is 7.69. The van der Waals surface area contributed by atoms with Gasteiger partial charge in [-0.2, -0.15) is 0 Å². The molecule has 1 aromatic carbocycles. The van der Waals surface area contributed by atoms with Crippen LogP contribution < -0.4 is 5.32 Å². The van der Waals surface area contributed by atoms with Gasteiger partial charge in [0.2, 0.25) is 0 Å². The first-order valence-electron chi connectivity index (χ1n) is 11.3. The summed E-state index contributed by atoms with van der Waals surface area (Å²) in [4.78, 5) is 27.5. The normalized spacial score (nSPS) is 19.2. The number of rotatable bonds is 6. The third-order valence-corrected chi connectivity index (χ3v) is 6.24. The first-order valence-corrected chi connectivity index (χ1v) is 11.3. The van der Waals surface area contributed by atoms with Crippen LogP contribution in [0.2, 0.25) is 0 Å². The van der Waals surface area contributed by atoms with Crippen LogP contribution in [0.1, 0.15) is 65.2 Å². The summed E-state index contributed by atoms with van der Waals surface area (Å²) in [6.45, 7) is 5.82. The molecule has 2 aliphatic rings. The summed E-state index contributed by atoms with van der Waals surface area (Å²) in [7, 11) is 4.03. The molecule has 0 radical (unpaired) electrons. The van der Waals surface area contributed by atoms with Crippen LogP contribution in [0.5, 0.6) is 0 Å². The van der Waals surface area contributed by atoms with Crippen molar-refractivity contribution in [3.05, 3.63) is 52.5 Å². The van der Waals surface area contributed by atoms with Gasteiger partial charge in [-0.15, -0.1) is 0 Å². The predicted molar refractivity (Wildman–Crippen MR) is 121 cm³/mol. The minimum absolute atomic E-state index is 0.0553. The molecule has 1 unspecified atom stereocenters. The number of carbonyl (C=O) groups is 1. The van der Waals surface area contributed by atoms with Crippen LogP contribution in [0.4, 0.5) is 5.82 Å². The first kappa shape index (κ1) is 21.7. The van der Waals surface area contributed by atoms with Crippen LogP contribution in [0.3, 0.4) is 0 Å². The van der Waals surface area contributed by atoms with Gasteiger partial charge in [0.15, 0.2) is 5.82 Å². The molecular formula is C24H33N5O2. The number of amides is 1. The maximum Gasteiger partial charge on any atom is 0.254 e. The lowest BCUT2D eigenvalue weighted by atomic mass is 9.98. The molecule has 0 spiro atoms. The highest BCUT2D eigenvalue weighted by Crippen LogP contribution is 2.33. The van der Waals surface area contributed by atoms with Crippen molar-refractivity contribution in [1.82, 2.24) is 19.8 Å². The summed E-state index contributed by atoms with van der Waals surface area (Å²) in [5, 5.41) is 3.26. The third-order valence-electron chi connectivity index (χ3n) is 6.24. The maximum atomic E-state index is 13.4. The quantitative estimate of drug-likeness (QED) is 0.768. The Morgan fingerprint density at radius 1 is 1.19 bits per heavy atom. The molecule has 1 aromatic heterocycles. The number of carbonyl (C=O) groups excluding carboxylic acids is 1. The van der Waals surface area contributed by atoms with E-state index in [0.29, 0.717) is 18.8 Å². The van der Waals surface area contributed by atoms with Gasteiger partial charge in [-0.25, -0.2) is 9.97 Å². The molecule has 1 N–H and O–H groups in total. The Kier molecular flexibility index (Phi) is 6.83. The van der Waals surface area contributed by atoms with Gasteiger partial charge < -0.3 is 19.9 Å². The van der Waals surface area contributed by atoms with E-state index in [9.17, 15) is 4.79 Å². The second kappa shape index (κ2) is 9.75. The van der Waals surface area contributed by atoms with Crippen LogP contribution >= 0.6 is 0 Å². The van der Waals surface area contributed by atoms with Gasteiger partial charge in [0.05, 0.1) is 18.3 Å². The summed E-state index contributed by atoms with van der Waals surface area (Å²) >= 11 is 0. The molecule has 0 bridgehead atoms. The molecule has 1 atom stereocenters. The summed E-state index contributed by atoms with van der Waals surface area (Å²) in [6.07, 6.45) is 3.91. The van der Waals surface area contributed by atoms with E-state index in [1.165, 1.54) is 5.56 Å². The van der Waals surface area contributed by atoms with Gasteiger partial charge in [-0.3, -0.25) is 4.79 Å². The first-order chi connectivity index (χ1) is 15.1. The Hall–Kier alpha value is -2.51. The number of aromatic nitrogens is 2. The standard InChI is InChI=1S/C24H33N5O2/c1-4-31-16-17-8-10-18(11-9-17)24(30)29-13-6-5-7-21(29)23-26-20-12-14-28(3)15-19(20)22(25-2)27-23/h8-11,21H,4-7,12-16H2,1-3H3,(H,25,26,27). The van der Waals surface area contributed by atoms with Crippen molar-refractivity contribution < 1.29 is 9.53 Å². The van der Waals surface area contributed by atoms with Crippen molar-refractivity contribution in [2.45, 2.75) is 51.8 Å². The second-order valence-corrected chi connectivity index (χ2v) is 8.44. The number of piperidine rings is 1. The molecule has 7 nitrogen and oxygen atoms in total. The zero-order chi connectivity index (χ0) is 21.8. The van der Waals surface area contributed by atoms with Gasteiger partial charge in [0.25, 0.3) is 5.91 Å². The van der Waals surface area contributed by atoms with Gasteiger partial charge in [0, 0.05) is 50.8 Å². The minimum Gasteiger partial charge on any atom is -0.377 e. The number of likely N-dealkylation sites (N-methyl/N-ethyl adjacent to an activating group) is 1. The fourth-order valence-corrected chi connectivity index (χ4v) is 4.50. The number of fused-ring (bicyclic) bond motifs is 1. The molecule has 1 fully saturated rings. The van der Waals surface area contributed by atoms with Crippen LogP contribution in [0.25, 0.3) is 0 Å². The van der Waals surface area contributed by atoms with Gasteiger partial charge in [-0.1, -0.05) is 12.1 Å². The Labute approximate surface area is 184 Å². The highest BCUT2D eigenvalue weighted by molar-refractivity contribution is 5.94. The van der Waals surface area contributed by atoms with Gasteiger partial charge >= 0.3 is 0 Å². The zero-order valence-electron chi connectivity index (χ0n) is 18.9. The van der Waals surface area contributed by atoms with E-state index in [2.05, 4.69) is 17.3 Å². The topological polar surface area (TPSA) is 70.6 Å². The van der Waals surface area contributed by atoms with Crippen LogP contribution in [0, 0.1) is 0 Å². The highest BCUT2D eigenvalue weighted by atomic mass is 16.5. The van der Waals surface area contributed by atoms with E-state index >= 15 is 0 Å². The Bertz CT molecular complexity index is 898. The molecule has 2 aromatic rings. The Balaban J connectivity index is 1.60. The lowest BCUT2D eigenvalue weighted by Crippen LogP contribution is -2.40. The summed E-state index contributed by atoms with van der Waals surface area (Å²) in [5.41, 5.74) is 4.08. The van der Waals surface area contributed by atoms with Crippen LogP contribution in [-0.2, 0) is 24.3 Å². The van der Waals surface area contributed by atoms with Crippen molar-refractivity contribution >= 4 is 11.7 Å². The lowest BCUT2D eigenvalue weighted by molar-refractivity contribution is 0.0599. The highest BCUT2D eigenvalue weighted by Gasteiger charge is 2.32.